The highest BCUT2D eigenvalue weighted by molar-refractivity contribution is 9.09. The molecule has 0 aromatic heterocycles. The quantitative estimate of drug-likeness (QED) is 0.675. The van der Waals surface area contributed by atoms with E-state index in [0.717, 1.165) is 16.7 Å². The van der Waals surface area contributed by atoms with Gasteiger partial charge in [0.1, 0.15) is 11.6 Å². The molecule has 0 saturated heterocycles. The molecule has 3 heteroatoms. The highest BCUT2D eigenvalue weighted by Gasteiger charge is 2.18. The van der Waals surface area contributed by atoms with Gasteiger partial charge in [0.2, 0.25) is 0 Å². The van der Waals surface area contributed by atoms with Crippen molar-refractivity contribution >= 4 is 15.9 Å². The summed E-state index contributed by atoms with van der Waals surface area (Å²) in [6, 6.07) is 10.1. The maximum atomic E-state index is 13.7. The fraction of sp³-hybridized carbons (Fsp3) is 0.250. The fourth-order valence-corrected chi connectivity index (χ4v) is 2.91. The van der Waals surface area contributed by atoms with Crippen molar-refractivity contribution < 1.29 is 8.78 Å². The Balaban J connectivity index is 2.31. The summed E-state index contributed by atoms with van der Waals surface area (Å²) in [4.78, 5) is -0.366. The molecule has 0 radical (unpaired) electrons. The van der Waals surface area contributed by atoms with E-state index in [1.54, 1.807) is 0 Å². The highest BCUT2D eigenvalue weighted by Crippen LogP contribution is 2.32. The molecule has 0 aliphatic heterocycles. The van der Waals surface area contributed by atoms with Gasteiger partial charge in [-0.3, -0.25) is 0 Å². The van der Waals surface area contributed by atoms with Gasteiger partial charge in [0, 0.05) is 10.4 Å². The van der Waals surface area contributed by atoms with Crippen molar-refractivity contribution in [3.63, 3.8) is 0 Å². The van der Waals surface area contributed by atoms with Crippen LogP contribution < -0.4 is 0 Å². The minimum Gasteiger partial charge on any atom is -0.207 e. The molecule has 0 fully saturated rings. The van der Waals surface area contributed by atoms with Crippen LogP contribution >= 0.6 is 15.9 Å². The molecular formula is C16H15BrF2. The van der Waals surface area contributed by atoms with Crippen LogP contribution in [0.3, 0.4) is 0 Å². The summed E-state index contributed by atoms with van der Waals surface area (Å²) >= 11 is 3.40. The minimum absolute atomic E-state index is 0.100. The lowest BCUT2D eigenvalue weighted by Gasteiger charge is -2.14. The van der Waals surface area contributed by atoms with Crippen LogP contribution in [-0.2, 0) is 6.42 Å². The van der Waals surface area contributed by atoms with E-state index >= 15 is 0 Å². The van der Waals surface area contributed by atoms with Gasteiger partial charge in [-0.2, -0.15) is 0 Å². The first-order valence-corrected chi connectivity index (χ1v) is 7.04. The van der Waals surface area contributed by atoms with E-state index in [1.165, 1.54) is 18.2 Å². The van der Waals surface area contributed by atoms with E-state index in [4.69, 9.17) is 0 Å². The Labute approximate surface area is 120 Å². The third kappa shape index (κ3) is 3.21. The van der Waals surface area contributed by atoms with Crippen molar-refractivity contribution in [2.75, 3.05) is 0 Å². The van der Waals surface area contributed by atoms with Crippen LogP contribution in [0.5, 0.6) is 0 Å². The van der Waals surface area contributed by atoms with Crippen LogP contribution in [0.4, 0.5) is 8.78 Å². The summed E-state index contributed by atoms with van der Waals surface area (Å²) < 4.78 is 27.4. The molecule has 0 aliphatic rings. The predicted octanol–water partition coefficient (Wildman–Crippen LogP) is 5.26. The van der Waals surface area contributed by atoms with E-state index < -0.39 is 11.6 Å². The van der Waals surface area contributed by atoms with Gasteiger partial charge in [0.05, 0.1) is 0 Å². The molecule has 0 saturated carbocycles. The second kappa shape index (κ2) is 5.83. The Morgan fingerprint density at radius 1 is 1.05 bits per heavy atom. The first-order valence-electron chi connectivity index (χ1n) is 6.13. The lowest BCUT2D eigenvalue weighted by atomic mass is 9.98. The Bertz CT molecular complexity index is 573. The molecule has 100 valence electrons. The van der Waals surface area contributed by atoms with Gasteiger partial charge in [-0.25, -0.2) is 8.78 Å². The van der Waals surface area contributed by atoms with E-state index in [0.29, 0.717) is 6.42 Å². The fourth-order valence-electron chi connectivity index (χ4n) is 2.13. The summed E-state index contributed by atoms with van der Waals surface area (Å²) in [7, 11) is 0. The van der Waals surface area contributed by atoms with Gasteiger partial charge < -0.3 is 0 Å². The normalized spacial score (nSPS) is 12.5. The number of alkyl halides is 1. The maximum Gasteiger partial charge on any atom is 0.130 e. The second-order valence-electron chi connectivity index (χ2n) is 4.74. The monoisotopic (exact) mass is 324 g/mol. The van der Waals surface area contributed by atoms with Crippen LogP contribution in [-0.4, -0.2) is 0 Å². The lowest BCUT2D eigenvalue weighted by molar-refractivity contribution is 0.553. The number of rotatable bonds is 3. The molecule has 1 unspecified atom stereocenters. The summed E-state index contributed by atoms with van der Waals surface area (Å²) in [5.74, 6) is -1.01. The van der Waals surface area contributed by atoms with Gasteiger partial charge in [0.15, 0.2) is 0 Å². The molecule has 0 aliphatic carbocycles. The van der Waals surface area contributed by atoms with Crippen LogP contribution in [0, 0.1) is 25.5 Å². The van der Waals surface area contributed by atoms with Crippen molar-refractivity contribution in [2.45, 2.75) is 25.1 Å². The maximum absolute atomic E-state index is 13.7. The molecule has 0 amide bonds. The molecule has 2 aromatic carbocycles. The lowest BCUT2D eigenvalue weighted by Crippen LogP contribution is -2.03. The number of aryl methyl sites for hydroxylation is 2. The van der Waals surface area contributed by atoms with E-state index in [2.05, 4.69) is 22.0 Å². The molecule has 0 spiro atoms. The first kappa shape index (κ1) is 14.2. The summed E-state index contributed by atoms with van der Waals surface area (Å²) in [6.45, 7) is 4.02. The SMILES string of the molecule is Cc1ccc(C)c(CC(Br)c2c(F)cccc2F)c1. The van der Waals surface area contributed by atoms with Crippen molar-refractivity contribution in [1.29, 1.82) is 0 Å². The Morgan fingerprint density at radius 2 is 1.68 bits per heavy atom. The summed E-state index contributed by atoms with van der Waals surface area (Å²) in [6.07, 6.45) is 0.561. The molecule has 0 bridgehead atoms. The first-order chi connectivity index (χ1) is 8.99. The summed E-state index contributed by atoms with van der Waals surface area (Å²) in [5, 5.41) is 0. The van der Waals surface area contributed by atoms with Crippen LogP contribution in [0.1, 0.15) is 27.1 Å². The molecule has 0 heterocycles. The number of hydrogen-bond acceptors (Lipinski definition) is 0. The van der Waals surface area contributed by atoms with Gasteiger partial charge in [-0.15, -0.1) is 0 Å². The number of hydrogen-bond donors (Lipinski definition) is 0. The van der Waals surface area contributed by atoms with Gasteiger partial charge >= 0.3 is 0 Å². The van der Waals surface area contributed by atoms with Crippen molar-refractivity contribution in [3.8, 4) is 0 Å². The Hall–Kier alpha value is -1.22. The zero-order chi connectivity index (χ0) is 14.0. The third-order valence-corrected chi connectivity index (χ3v) is 4.00. The minimum atomic E-state index is -0.507. The molecule has 1 atom stereocenters. The topological polar surface area (TPSA) is 0 Å². The van der Waals surface area contributed by atoms with Gasteiger partial charge in [-0.05, 0) is 43.5 Å². The Kier molecular flexibility index (Phi) is 4.35. The molecule has 0 nitrogen and oxygen atoms in total. The molecule has 2 aromatic rings. The zero-order valence-electron chi connectivity index (χ0n) is 10.9. The van der Waals surface area contributed by atoms with Gasteiger partial charge in [0.25, 0.3) is 0 Å². The standard InChI is InChI=1S/C16H15BrF2/c1-10-6-7-11(2)12(8-10)9-13(17)16-14(18)4-3-5-15(16)19/h3-8,13H,9H2,1-2H3. The van der Waals surface area contributed by atoms with Crippen LogP contribution in [0.25, 0.3) is 0 Å². The number of halogens is 3. The Morgan fingerprint density at radius 3 is 2.32 bits per heavy atom. The predicted molar refractivity (Wildman–Crippen MR) is 77.6 cm³/mol. The van der Waals surface area contributed by atoms with Crippen molar-refractivity contribution in [3.05, 3.63) is 70.3 Å². The van der Waals surface area contributed by atoms with E-state index in [1.807, 2.05) is 26.0 Å². The van der Waals surface area contributed by atoms with Crippen LogP contribution in [0.2, 0.25) is 0 Å². The zero-order valence-corrected chi connectivity index (χ0v) is 12.5. The largest absolute Gasteiger partial charge is 0.207 e. The molecular weight excluding hydrogens is 310 g/mol. The van der Waals surface area contributed by atoms with Crippen LogP contribution in [0.15, 0.2) is 36.4 Å². The van der Waals surface area contributed by atoms with E-state index in [9.17, 15) is 8.78 Å². The average Bonchev–Trinajstić information content (AvgIpc) is 2.33. The van der Waals surface area contributed by atoms with Crippen molar-refractivity contribution in [1.82, 2.24) is 0 Å². The number of benzene rings is 2. The third-order valence-electron chi connectivity index (χ3n) is 3.22. The molecule has 2 rings (SSSR count). The molecule has 19 heavy (non-hydrogen) atoms. The summed E-state index contributed by atoms with van der Waals surface area (Å²) in [5.41, 5.74) is 3.48. The smallest absolute Gasteiger partial charge is 0.130 e. The van der Waals surface area contributed by atoms with Gasteiger partial charge in [-0.1, -0.05) is 45.8 Å². The second-order valence-corrected chi connectivity index (χ2v) is 5.84. The van der Waals surface area contributed by atoms with Crippen molar-refractivity contribution in [2.24, 2.45) is 0 Å². The molecule has 0 N–H and O–H groups in total. The highest BCUT2D eigenvalue weighted by atomic mass is 79.9. The average molecular weight is 325 g/mol. The van der Waals surface area contributed by atoms with E-state index in [-0.39, 0.29) is 10.4 Å².